The first-order valence-corrected chi connectivity index (χ1v) is 9.06. The molecule has 6 nitrogen and oxygen atoms in total. The Labute approximate surface area is 156 Å². The van der Waals surface area contributed by atoms with E-state index >= 15 is 0 Å². The number of esters is 1. The van der Waals surface area contributed by atoms with Gasteiger partial charge in [-0.3, -0.25) is 4.79 Å². The molecule has 0 fully saturated rings. The number of ether oxygens (including phenoxy) is 2. The van der Waals surface area contributed by atoms with Crippen LogP contribution in [0.5, 0.6) is 5.75 Å². The van der Waals surface area contributed by atoms with Gasteiger partial charge in [-0.15, -0.1) is 11.8 Å². The van der Waals surface area contributed by atoms with Crippen LogP contribution in [-0.2, 0) is 20.1 Å². The van der Waals surface area contributed by atoms with Crippen LogP contribution in [-0.4, -0.2) is 37.6 Å². The molecule has 1 N–H and O–H groups in total. The van der Waals surface area contributed by atoms with E-state index in [1.165, 1.54) is 24.4 Å². The molecule has 0 heterocycles. The van der Waals surface area contributed by atoms with Crippen molar-refractivity contribution in [1.29, 1.82) is 0 Å². The highest BCUT2D eigenvalue weighted by molar-refractivity contribution is 7.99. The molecule has 7 heteroatoms. The van der Waals surface area contributed by atoms with E-state index in [1.807, 2.05) is 30.3 Å². The number of carbonyl (C=O) groups excluding carboxylic acids is 2. The first kappa shape index (κ1) is 19.5. The molecule has 0 saturated carbocycles. The van der Waals surface area contributed by atoms with Crippen LogP contribution in [0, 0.1) is 0 Å². The Morgan fingerprint density at radius 3 is 2.54 bits per heavy atom. The van der Waals surface area contributed by atoms with E-state index in [9.17, 15) is 9.59 Å². The molecule has 0 aliphatic carbocycles. The monoisotopic (exact) mass is 372 g/mol. The predicted octanol–water partition coefficient (Wildman–Crippen LogP) is 2.62. The van der Waals surface area contributed by atoms with Crippen LogP contribution in [0.3, 0.4) is 0 Å². The van der Waals surface area contributed by atoms with Crippen LogP contribution < -0.4 is 10.2 Å². The van der Waals surface area contributed by atoms with Gasteiger partial charge >= 0.3 is 5.97 Å². The average Bonchev–Trinajstić information content (AvgIpc) is 2.68. The Kier molecular flexibility index (Phi) is 8.21. The maximum absolute atomic E-state index is 11.7. The van der Waals surface area contributed by atoms with Gasteiger partial charge in [-0.2, -0.15) is 5.10 Å². The average molecular weight is 372 g/mol. The number of thioether (sulfide) groups is 1. The molecule has 0 unspecified atom stereocenters. The minimum atomic E-state index is -0.441. The highest BCUT2D eigenvalue weighted by Crippen LogP contribution is 2.12. The lowest BCUT2D eigenvalue weighted by atomic mass is 10.2. The number of hydrogen-bond acceptors (Lipinski definition) is 6. The summed E-state index contributed by atoms with van der Waals surface area (Å²) in [5.41, 5.74) is 4.48. The number of hydrogen-bond donors (Lipinski definition) is 1. The maximum Gasteiger partial charge on any atom is 0.343 e. The number of benzene rings is 2. The third-order valence-corrected chi connectivity index (χ3v) is 4.22. The summed E-state index contributed by atoms with van der Waals surface area (Å²) in [6.07, 6.45) is 1.55. The van der Waals surface area contributed by atoms with Gasteiger partial charge in [0.1, 0.15) is 5.75 Å². The molecule has 1 amide bonds. The molecule has 0 aromatic heterocycles. The second-order valence-electron chi connectivity index (χ2n) is 5.21. The topological polar surface area (TPSA) is 77.0 Å². The highest BCUT2D eigenvalue weighted by atomic mass is 32.2. The van der Waals surface area contributed by atoms with Crippen molar-refractivity contribution in [3.8, 4) is 5.75 Å². The first-order chi connectivity index (χ1) is 12.7. The summed E-state index contributed by atoms with van der Waals surface area (Å²) in [4.78, 5) is 22.7. The van der Waals surface area contributed by atoms with E-state index in [4.69, 9.17) is 4.74 Å². The normalized spacial score (nSPS) is 10.5. The van der Waals surface area contributed by atoms with Crippen LogP contribution in [0.1, 0.15) is 11.1 Å². The lowest BCUT2D eigenvalue weighted by molar-refractivity contribution is -0.142. The van der Waals surface area contributed by atoms with Crippen molar-refractivity contribution in [2.45, 2.75) is 5.75 Å². The second-order valence-corrected chi connectivity index (χ2v) is 6.19. The maximum atomic E-state index is 11.7. The van der Waals surface area contributed by atoms with Gasteiger partial charge in [-0.1, -0.05) is 30.3 Å². The van der Waals surface area contributed by atoms with Gasteiger partial charge in [-0.05, 0) is 35.4 Å². The fourth-order valence-corrected chi connectivity index (χ4v) is 2.68. The van der Waals surface area contributed by atoms with E-state index < -0.39 is 5.97 Å². The van der Waals surface area contributed by atoms with E-state index in [1.54, 1.807) is 30.5 Å². The Morgan fingerprint density at radius 2 is 1.85 bits per heavy atom. The number of rotatable bonds is 9. The number of nitrogens with one attached hydrogen (secondary N) is 1. The molecule has 0 bridgehead atoms. The van der Waals surface area contributed by atoms with Crippen molar-refractivity contribution in [1.82, 2.24) is 5.43 Å². The summed E-state index contributed by atoms with van der Waals surface area (Å²) < 4.78 is 9.74. The Balaban J connectivity index is 1.68. The zero-order chi connectivity index (χ0) is 18.6. The summed E-state index contributed by atoms with van der Waals surface area (Å²) in [6.45, 7) is -0.138. The lowest BCUT2D eigenvalue weighted by Crippen LogP contribution is -2.19. The first-order valence-electron chi connectivity index (χ1n) is 7.90. The lowest BCUT2D eigenvalue weighted by Gasteiger charge is -2.04. The van der Waals surface area contributed by atoms with E-state index in [2.05, 4.69) is 15.3 Å². The molecule has 0 radical (unpaired) electrons. The van der Waals surface area contributed by atoms with Gasteiger partial charge in [0, 0.05) is 5.75 Å². The van der Waals surface area contributed by atoms with Gasteiger partial charge < -0.3 is 9.47 Å². The van der Waals surface area contributed by atoms with E-state index in [-0.39, 0.29) is 12.5 Å². The van der Waals surface area contributed by atoms with Crippen molar-refractivity contribution in [2.24, 2.45) is 5.10 Å². The van der Waals surface area contributed by atoms with Crippen molar-refractivity contribution in [3.63, 3.8) is 0 Å². The quantitative estimate of drug-likeness (QED) is 0.416. The van der Waals surface area contributed by atoms with Gasteiger partial charge in [0.2, 0.25) is 5.91 Å². The van der Waals surface area contributed by atoms with Crippen molar-refractivity contribution in [3.05, 3.63) is 65.7 Å². The van der Waals surface area contributed by atoms with Crippen LogP contribution >= 0.6 is 11.8 Å². The Morgan fingerprint density at radius 1 is 1.12 bits per heavy atom. The van der Waals surface area contributed by atoms with Crippen molar-refractivity contribution in [2.75, 3.05) is 19.5 Å². The molecule has 0 aliphatic rings. The van der Waals surface area contributed by atoms with Gasteiger partial charge in [0.25, 0.3) is 0 Å². The Hall–Kier alpha value is -2.80. The SMILES string of the molecule is COC(=O)COc1ccc(/C=N\NC(=O)CSCc2ccccc2)cc1. The summed E-state index contributed by atoms with van der Waals surface area (Å²) in [5.74, 6) is 1.08. The molecule has 0 atom stereocenters. The smallest absolute Gasteiger partial charge is 0.343 e. The molecule has 0 saturated heterocycles. The van der Waals surface area contributed by atoms with Gasteiger partial charge in [-0.25, -0.2) is 10.2 Å². The van der Waals surface area contributed by atoms with E-state index in [0.717, 1.165) is 11.3 Å². The number of carbonyl (C=O) groups is 2. The summed E-state index contributed by atoms with van der Waals surface area (Å²) in [7, 11) is 1.31. The molecule has 2 aromatic rings. The van der Waals surface area contributed by atoms with Crippen molar-refractivity contribution >= 4 is 29.9 Å². The number of methoxy groups -OCH3 is 1. The molecule has 26 heavy (non-hydrogen) atoms. The third kappa shape index (κ3) is 7.40. The largest absolute Gasteiger partial charge is 0.482 e. The fourth-order valence-electron chi connectivity index (χ4n) is 1.90. The highest BCUT2D eigenvalue weighted by Gasteiger charge is 2.02. The van der Waals surface area contributed by atoms with Crippen LogP contribution in [0.15, 0.2) is 59.7 Å². The molecular weight excluding hydrogens is 352 g/mol. The number of hydrazone groups is 1. The second kappa shape index (κ2) is 10.9. The summed E-state index contributed by atoms with van der Waals surface area (Å²) in [5, 5.41) is 3.93. The number of nitrogens with zero attached hydrogens (tertiary/aromatic N) is 1. The summed E-state index contributed by atoms with van der Waals surface area (Å²) >= 11 is 1.53. The van der Waals surface area contributed by atoms with Crippen LogP contribution in [0.2, 0.25) is 0 Å². The number of amides is 1. The summed E-state index contributed by atoms with van der Waals surface area (Å²) in [6, 6.07) is 16.9. The zero-order valence-corrected chi connectivity index (χ0v) is 15.2. The standard InChI is InChI=1S/C19H20N2O4S/c1-24-19(23)12-25-17-9-7-15(8-10-17)11-20-21-18(22)14-26-13-16-5-3-2-4-6-16/h2-11H,12-14H2,1H3,(H,21,22)/b20-11-. The molecular formula is C19H20N2O4S. The molecule has 0 spiro atoms. The van der Waals surface area contributed by atoms with Crippen molar-refractivity contribution < 1.29 is 19.1 Å². The van der Waals surface area contributed by atoms with Crippen LogP contribution in [0.25, 0.3) is 0 Å². The third-order valence-electron chi connectivity index (χ3n) is 3.21. The molecule has 2 rings (SSSR count). The predicted molar refractivity (Wildman–Crippen MR) is 102 cm³/mol. The van der Waals surface area contributed by atoms with Gasteiger partial charge in [0.15, 0.2) is 6.61 Å². The molecule has 136 valence electrons. The molecule has 0 aliphatic heterocycles. The van der Waals surface area contributed by atoms with Gasteiger partial charge in [0.05, 0.1) is 19.1 Å². The van der Waals surface area contributed by atoms with E-state index in [0.29, 0.717) is 11.5 Å². The molecule has 2 aromatic carbocycles. The fraction of sp³-hybridized carbons (Fsp3) is 0.211. The Bertz CT molecular complexity index is 733. The van der Waals surface area contributed by atoms with Crippen LogP contribution in [0.4, 0.5) is 0 Å². The zero-order valence-electron chi connectivity index (χ0n) is 14.4. The minimum Gasteiger partial charge on any atom is -0.482 e. The minimum absolute atomic E-state index is 0.138.